The lowest BCUT2D eigenvalue weighted by Gasteiger charge is -2.33. The van der Waals surface area contributed by atoms with Crippen LogP contribution in [0.25, 0.3) is 0 Å². The van der Waals surface area contributed by atoms with E-state index in [4.69, 9.17) is 0 Å². The van der Waals surface area contributed by atoms with Crippen LogP contribution in [0.15, 0.2) is 48.5 Å². The SMILES string of the molecule is CCc1ccc(N(CC(=O)N(Cc2cccc(C)c2)[C@H](CC)C(=O)N[C@H](C)CC)S(C)(=O)=O)cc1. The third-order valence-electron chi connectivity index (χ3n) is 6.13. The van der Waals surface area contributed by atoms with Gasteiger partial charge in [-0.15, -0.1) is 0 Å². The van der Waals surface area contributed by atoms with Gasteiger partial charge in [0.05, 0.1) is 11.9 Å². The molecule has 0 saturated heterocycles. The highest BCUT2D eigenvalue weighted by molar-refractivity contribution is 7.92. The monoisotopic (exact) mass is 501 g/mol. The van der Waals surface area contributed by atoms with Gasteiger partial charge < -0.3 is 10.2 Å². The highest BCUT2D eigenvalue weighted by atomic mass is 32.2. The largest absolute Gasteiger partial charge is 0.352 e. The molecule has 192 valence electrons. The fourth-order valence-electron chi connectivity index (χ4n) is 3.88. The zero-order valence-electron chi connectivity index (χ0n) is 21.7. The van der Waals surface area contributed by atoms with Gasteiger partial charge in [-0.1, -0.05) is 62.7 Å². The highest BCUT2D eigenvalue weighted by Gasteiger charge is 2.32. The molecule has 0 heterocycles. The number of hydrogen-bond acceptors (Lipinski definition) is 4. The zero-order chi connectivity index (χ0) is 26.2. The van der Waals surface area contributed by atoms with E-state index in [9.17, 15) is 18.0 Å². The van der Waals surface area contributed by atoms with E-state index in [1.807, 2.05) is 71.0 Å². The minimum Gasteiger partial charge on any atom is -0.352 e. The van der Waals surface area contributed by atoms with Crippen molar-refractivity contribution in [1.82, 2.24) is 10.2 Å². The van der Waals surface area contributed by atoms with Crippen molar-refractivity contribution in [2.24, 2.45) is 0 Å². The Morgan fingerprint density at radius 3 is 2.14 bits per heavy atom. The van der Waals surface area contributed by atoms with Gasteiger partial charge in [0.2, 0.25) is 21.8 Å². The first kappa shape index (κ1) is 28.4. The molecule has 0 aliphatic heterocycles. The Balaban J connectivity index is 2.43. The number of benzene rings is 2. The van der Waals surface area contributed by atoms with Gasteiger partial charge in [-0.3, -0.25) is 13.9 Å². The van der Waals surface area contributed by atoms with Crippen LogP contribution in [-0.4, -0.2) is 50.0 Å². The maximum absolute atomic E-state index is 13.7. The predicted octanol–water partition coefficient (Wildman–Crippen LogP) is 4.05. The van der Waals surface area contributed by atoms with E-state index >= 15 is 0 Å². The minimum atomic E-state index is -3.74. The Morgan fingerprint density at radius 2 is 1.63 bits per heavy atom. The van der Waals surface area contributed by atoms with E-state index in [1.165, 1.54) is 4.90 Å². The number of nitrogens with zero attached hydrogens (tertiary/aromatic N) is 2. The second-order valence-corrected chi connectivity index (χ2v) is 10.9. The molecule has 0 saturated carbocycles. The second kappa shape index (κ2) is 12.7. The van der Waals surface area contributed by atoms with Crippen molar-refractivity contribution >= 4 is 27.5 Å². The van der Waals surface area contributed by atoms with Gasteiger partial charge in [0.15, 0.2) is 0 Å². The van der Waals surface area contributed by atoms with Gasteiger partial charge in [0.1, 0.15) is 12.6 Å². The van der Waals surface area contributed by atoms with Crippen molar-refractivity contribution in [3.05, 3.63) is 65.2 Å². The lowest BCUT2D eigenvalue weighted by Crippen LogP contribution is -2.53. The molecule has 0 spiro atoms. The van der Waals surface area contributed by atoms with Crippen LogP contribution < -0.4 is 9.62 Å². The average Bonchev–Trinajstić information content (AvgIpc) is 2.81. The van der Waals surface area contributed by atoms with Gasteiger partial charge in [-0.05, 0) is 56.4 Å². The molecule has 0 unspecified atom stereocenters. The van der Waals surface area contributed by atoms with E-state index in [0.717, 1.165) is 40.1 Å². The van der Waals surface area contributed by atoms with E-state index in [-0.39, 0.29) is 25.0 Å². The Kier molecular flexibility index (Phi) is 10.3. The number of anilines is 1. The first-order chi connectivity index (χ1) is 16.5. The summed E-state index contributed by atoms with van der Waals surface area (Å²) in [6, 6.07) is 14.1. The Bertz CT molecular complexity index is 1100. The molecule has 2 aromatic carbocycles. The number of sulfonamides is 1. The van der Waals surface area contributed by atoms with E-state index < -0.39 is 22.0 Å². The summed E-state index contributed by atoms with van der Waals surface area (Å²) in [6.45, 7) is 9.56. The first-order valence-corrected chi connectivity index (χ1v) is 14.1. The Morgan fingerprint density at radius 1 is 0.971 bits per heavy atom. The summed E-state index contributed by atoms with van der Waals surface area (Å²) in [5.74, 6) is -0.663. The number of hydrogen-bond donors (Lipinski definition) is 1. The number of carbonyl (C=O) groups excluding carboxylic acids is 2. The lowest BCUT2D eigenvalue weighted by atomic mass is 10.1. The summed E-state index contributed by atoms with van der Waals surface area (Å²) in [5.41, 5.74) is 3.42. The third-order valence-corrected chi connectivity index (χ3v) is 7.27. The van der Waals surface area contributed by atoms with Gasteiger partial charge in [0, 0.05) is 12.6 Å². The maximum atomic E-state index is 13.7. The zero-order valence-corrected chi connectivity index (χ0v) is 22.6. The molecule has 0 fully saturated rings. The normalized spacial score (nSPS) is 13.1. The molecular formula is C27H39N3O4S. The molecular weight excluding hydrogens is 462 g/mol. The van der Waals surface area contributed by atoms with Crippen molar-refractivity contribution < 1.29 is 18.0 Å². The fourth-order valence-corrected chi connectivity index (χ4v) is 4.73. The fraction of sp³-hybridized carbons (Fsp3) is 0.481. The third kappa shape index (κ3) is 8.09. The van der Waals surface area contributed by atoms with Crippen molar-refractivity contribution in [3.63, 3.8) is 0 Å². The summed E-state index contributed by atoms with van der Waals surface area (Å²) in [6.07, 6.45) is 3.09. The van der Waals surface area contributed by atoms with Crippen LogP contribution in [0.3, 0.4) is 0 Å². The minimum absolute atomic E-state index is 0.0305. The number of rotatable bonds is 12. The Labute approximate surface area is 210 Å². The van der Waals surface area contributed by atoms with Gasteiger partial charge in [-0.2, -0.15) is 0 Å². The van der Waals surface area contributed by atoms with Crippen LogP contribution in [0.2, 0.25) is 0 Å². The molecule has 2 rings (SSSR count). The molecule has 0 aliphatic rings. The average molecular weight is 502 g/mol. The number of carbonyl (C=O) groups is 2. The highest BCUT2D eigenvalue weighted by Crippen LogP contribution is 2.21. The summed E-state index contributed by atoms with van der Waals surface area (Å²) in [4.78, 5) is 28.3. The van der Waals surface area contributed by atoms with Crippen LogP contribution in [0.5, 0.6) is 0 Å². The summed E-state index contributed by atoms with van der Waals surface area (Å²) < 4.78 is 26.5. The predicted molar refractivity (Wildman–Crippen MR) is 142 cm³/mol. The van der Waals surface area contributed by atoms with Gasteiger partial charge in [0.25, 0.3) is 0 Å². The van der Waals surface area contributed by atoms with E-state index in [1.54, 1.807) is 12.1 Å². The number of aryl methyl sites for hydroxylation is 2. The number of nitrogens with one attached hydrogen (secondary N) is 1. The van der Waals surface area contributed by atoms with Crippen molar-refractivity contribution in [3.8, 4) is 0 Å². The topological polar surface area (TPSA) is 86.8 Å². The van der Waals surface area contributed by atoms with Crippen LogP contribution in [0.4, 0.5) is 5.69 Å². The molecule has 0 bridgehead atoms. The van der Waals surface area contributed by atoms with Crippen LogP contribution in [0, 0.1) is 6.92 Å². The molecule has 0 radical (unpaired) electrons. The smallest absolute Gasteiger partial charge is 0.244 e. The van der Waals surface area contributed by atoms with E-state index in [2.05, 4.69) is 5.32 Å². The van der Waals surface area contributed by atoms with Crippen LogP contribution >= 0.6 is 0 Å². The molecule has 2 atom stereocenters. The number of amides is 2. The summed E-state index contributed by atoms with van der Waals surface area (Å²) in [7, 11) is -3.74. The second-order valence-electron chi connectivity index (χ2n) is 9.04. The standard InChI is InChI=1S/C27H39N3O4S/c1-7-21(5)28-27(32)25(9-3)29(18-23-12-10-11-20(4)17-23)26(31)19-30(35(6,33)34)24-15-13-22(8-2)14-16-24/h10-17,21,25H,7-9,18-19H2,1-6H3,(H,28,32)/t21-,25-/m1/s1. The van der Waals surface area contributed by atoms with Gasteiger partial charge in [-0.25, -0.2) is 8.42 Å². The molecule has 7 nitrogen and oxygen atoms in total. The lowest BCUT2D eigenvalue weighted by molar-refractivity contribution is -0.140. The summed E-state index contributed by atoms with van der Waals surface area (Å²) >= 11 is 0. The maximum Gasteiger partial charge on any atom is 0.244 e. The van der Waals surface area contributed by atoms with Crippen LogP contribution in [0.1, 0.15) is 57.2 Å². The first-order valence-electron chi connectivity index (χ1n) is 12.2. The molecule has 2 amide bonds. The molecule has 2 aromatic rings. The summed E-state index contributed by atoms with van der Waals surface area (Å²) in [5, 5.41) is 2.98. The van der Waals surface area contributed by atoms with Crippen molar-refractivity contribution in [1.29, 1.82) is 0 Å². The molecule has 35 heavy (non-hydrogen) atoms. The molecule has 0 aliphatic carbocycles. The molecule has 1 N–H and O–H groups in total. The van der Waals surface area contributed by atoms with Crippen LogP contribution in [-0.2, 0) is 32.6 Å². The molecule has 8 heteroatoms. The van der Waals surface area contributed by atoms with Gasteiger partial charge >= 0.3 is 0 Å². The molecule has 0 aromatic heterocycles. The van der Waals surface area contributed by atoms with Crippen molar-refractivity contribution in [2.75, 3.05) is 17.1 Å². The van der Waals surface area contributed by atoms with E-state index in [0.29, 0.717) is 12.1 Å². The quantitative estimate of drug-likeness (QED) is 0.475. The van der Waals surface area contributed by atoms with Crippen molar-refractivity contribution in [2.45, 2.75) is 72.5 Å². The Hall–Kier alpha value is -2.87.